The average molecular weight is 255 g/mol. The Morgan fingerprint density at radius 3 is 3.06 bits per heavy atom. The fraction of sp³-hybridized carbons (Fsp3) is 0.583. The number of carboxylic acids is 1. The molecule has 0 saturated heterocycles. The van der Waals surface area contributed by atoms with E-state index < -0.39 is 12.0 Å². The molecule has 0 spiro atoms. The number of aliphatic carboxylic acids is 1. The molecule has 2 N–H and O–H groups in total. The summed E-state index contributed by atoms with van der Waals surface area (Å²) in [5.74, 6) is -0.833. The molecule has 0 bridgehead atoms. The summed E-state index contributed by atoms with van der Waals surface area (Å²) in [6.45, 7) is 0. The number of hydrogen-bond donors (Lipinski definition) is 2. The van der Waals surface area contributed by atoms with Gasteiger partial charge in [0.1, 0.15) is 6.04 Å². The number of thiophene rings is 1. The van der Waals surface area contributed by atoms with Crippen LogP contribution in [0.3, 0.4) is 0 Å². The van der Waals surface area contributed by atoms with Crippen LogP contribution in [0, 0.1) is 0 Å². The molecule has 1 aliphatic rings. The predicted molar refractivity (Wildman–Crippen MR) is 66.4 cm³/mol. The third-order valence-corrected chi connectivity index (χ3v) is 4.46. The van der Waals surface area contributed by atoms with Crippen molar-refractivity contribution in [2.24, 2.45) is 0 Å². The maximum atomic E-state index is 11.1. The SMILES string of the molecule is CNC(C(=O)O)c1cc2c(s1)CCCC2OC. The zero-order chi connectivity index (χ0) is 12.4. The summed E-state index contributed by atoms with van der Waals surface area (Å²) >= 11 is 1.59. The highest BCUT2D eigenvalue weighted by Gasteiger charge is 2.27. The molecule has 4 nitrogen and oxygen atoms in total. The van der Waals surface area contributed by atoms with Crippen LogP contribution >= 0.6 is 11.3 Å². The zero-order valence-electron chi connectivity index (χ0n) is 10.0. The zero-order valence-corrected chi connectivity index (χ0v) is 10.8. The van der Waals surface area contributed by atoms with E-state index in [0.29, 0.717) is 0 Å². The topological polar surface area (TPSA) is 58.6 Å². The van der Waals surface area contributed by atoms with Crippen LogP contribution in [0.1, 0.15) is 40.3 Å². The van der Waals surface area contributed by atoms with Gasteiger partial charge in [-0.1, -0.05) is 0 Å². The van der Waals surface area contributed by atoms with Crippen molar-refractivity contribution >= 4 is 17.3 Å². The number of likely N-dealkylation sites (N-methyl/N-ethyl adjacent to an activating group) is 1. The first-order valence-electron chi connectivity index (χ1n) is 5.72. The number of hydrogen-bond acceptors (Lipinski definition) is 4. The summed E-state index contributed by atoms with van der Waals surface area (Å²) in [6, 6.07) is 1.38. The molecular formula is C12H17NO3S. The summed E-state index contributed by atoms with van der Waals surface area (Å²) in [5, 5.41) is 12.0. The van der Waals surface area contributed by atoms with Gasteiger partial charge in [0.2, 0.25) is 0 Å². The number of nitrogens with one attached hydrogen (secondary N) is 1. The summed E-state index contributed by atoms with van der Waals surface area (Å²) < 4.78 is 5.44. The highest BCUT2D eigenvalue weighted by molar-refractivity contribution is 7.12. The minimum Gasteiger partial charge on any atom is -0.480 e. The molecule has 17 heavy (non-hydrogen) atoms. The smallest absolute Gasteiger partial charge is 0.326 e. The van der Waals surface area contributed by atoms with Gasteiger partial charge in [0.05, 0.1) is 6.10 Å². The van der Waals surface area contributed by atoms with Crippen molar-refractivity contribution in [1.29, 1.82) is 0 Å². The molecule has 2 rings (SSSR count). The molecule has 0 amide bonds. The van der Waals surface area contributed by atoms with Gasteiger partial charge in [-0.2, -0.15) is 0 Å². The Bertz CT molecular complexity index is 416. The second kappa shape index (κ2) is 5.16. The Hall–Kier alpha value is -0.910. The van der Waals surface area contributed by atoms with Gasteiger partial charge >= 0.3 is 5.97 Å². The minimum absolute atomic E-state index is 0.134. The second-order valence-corrected chi connectivity index (χ2v) is 5.37. The summed E-state index contributed by atoms with van der Waals surface area (Å²) in [4.78, 5) is 13.3. The average Bonchev–Trinajstić information content (AvgIpc) is 2.72. The number of ether oxygens (including phenoxy) is 1. The lowest BCUT2D eigenvalue weighted by atomic mass is 9.95. The normalized spacial score (nSPS) is 20.9. The first kappa shape index (κ1) is 12.5. The quantitative estimate of drug-likeness (QED) is 0.865. The highest BCUT2D eigenvalue weighted by Crippen LogP contribution is 2.39. The first-order chi connectivity index (χ1) is 8.17. The van der Waals surface area contributed by atoms with E-state index in [-0.39, 0.29) is 6.10 Å². The molecule has 1 aromatic rings. The van der Waals surface area contributed by atoms with Gasteiger partial charge in [-0.25, -0.2) is 0 Å². The lowest BCUT2D eigenvalue weighted by Crippen LogP contribution is -2.23. The monoisotopic (exact) mass is 255 g/mol. The van der Waals surface area contributed by atoms with Gasteiger partial charge in [-0.05, 0) is 37.9 Å². The minimum atomic E-state index is -0.833. The van der Waals surface area contributed by atoms with E-state index in [1.807, 2.05) is 6.07 Å². The second-order valence-electron chi connectivity index (χ2n) is 4.20. The summed E-state index contributed by atoms with van der Waals surface area (Å²) in [7, 11) is 3.38. The van der Waals surface area contributed by atoms with E-state index >= 15 is 0 Å². The largest absolute Gasteiger partial charge is 0.480 e. The van der Waals surface area contributed by atoms with Crippen molar-refractivity contribution in [2.45, 2.75) is 31.4 Å². The van der Waals surface area contributed by atoms with Gasteiger partial charge in [0, 0.05) is 16.9 Å². The fourth-order valence-corrected chi connectivity index (χ4v) is 3.67. The molecule has 2 unspecified atom stereocenters. The van der Waals surface area contributed by atoms with Crippen LogP contribution in [0.4, 0.5) is 0 Å². The lowest BCUT2D eigenvalue weighted by Gasteiger charge is -2.20. The molecule has 94 valence electrons. The van der Waals surface area contributed by atoms with E-state index in [0.717, 1.165) is 24.1 Å². The Labute approximate surface area is 105 Å². The van der Waals surface area contributed by atoms with E-state index in [1.165, 1.54) is 10.4 Å². The van der Waals surface area contributed by atoms with Gasteiger partial charge in [0.25, 0.3) is 0 Å². The molecule has 5 heteroatoms. The van der Waals surface area contributed by atoms with E-state index in [4.69, 9.17) is 9.84 Å². The number of carboxylic acid groups (broad SMARTS) is 1. The molecule has 1 aromatic heterocycles. The van der Waals surface area contributed by atoms with Gasteiger partial charge < -0.3 is 15.2 Å². The van der Waals surface area contributed by atoms with Crippen molar-refractivity contribution in [2.75, 3.05) is 14.2 Å². The Morgan fingerprint density at radius 2 is 2.47 bits per heavy atom. The van der Waals surface area contributed by atoms with Crippen LogP contribution in [-0.2, 0) is 16.0 Å². The standard InChI is InChI=1S/C12H17NO3S/c1-13-11(12(14)15)10-6-7-8(16-2)4-3-5-9(7)17-10/h6,8,11,13H,3-5H2,1-2H3,(H,14,15). The molecule has 0 aromatic carbocycles. The summed E-state index contributed by atoms with van der Waals surface area (Å²) in [6.07, 6.45) is 3.31. The first-order valence-corrected chi connectivity index (χ1v) is 6.54. The lowest BCUT2D eigenvalue weighted by molar-refractivity contribution is -0.139. The number of carbonyl (C=O) groups is 1. The maximum absolute atomic E-state index is 11.1. The molecule has 2 atom stereocenters. The summed E-state index contributed by atoms with van der Waals surface area (Å²) in [5.41, 5.74) is 1.18. The van der Waals surface area contributed by atoms with Crippen LogP contribution in [0.5, 0.6) is 0 Å². The van der Waals surface area contributed by atoms with Crippen LogP contribution < -0.4 is 5.32 Å². The van der Waals surface area contributed by atoms with Crippen LogP contribution in [0.25, 0.3) is 0 Å². The number of methoxy groups -OCH3 is 1. The van der Waals surface area contributed by atoms with Crippen LogP contribution in [-0.4, -0.2) is 25.2 Å². The highest BCUT2D eigenvalue weighted by atomic mass is 32.1. The van der Waals surface area contributed by atoms with Crippen molar-refractivity contribution in [1.82, 2.24) is 5.32 Å². The molecule has 0 fully saturated rings. The number of rotatable bonds is 4. The van der Waals surface area contributed by atoms with E-state index in [1.54, 1.807) is 25.5 Å². The van der Waals surface area contributed by atoms with E-state index in [2.05, 4.69) is 5.32 Å². The van der Waals surface area contributed by atoms with E-state index in [9.17, 15) is 4.79 Å². The molecule has 0 radical (unpaired) electrons. The third-order valence-electron chi connectivity index (χ3n) is 3.18. The van der Waals surface area contributed by atoms with Crippen molar-refractivity contribution in [3.63, 3.8) is 0 Å². The van der Waals surface area contributed by atoms with Crippen molar-refractivity contribution in [3.8, 4) is 0 Å². The van der Waals surface area contributed by atoms with Crippen molar-refractivity contribution < 1.29 is 14.6 Å². The Balaban J connectivity index is 2.32. The maximum Gasteiger partial charge on any atom is 0.326 e. The number of aryl methyl sites for hydroxylation is 1. The third kappa shape index (κ3) is 2.36. The molecule has 0 saturated carbocycles. The fourth-order valence-electron chi connectivity index (χ4n) is 2.31. The van der Waals surface area contributed by atoms with Gasteiger partial charge in [-0.3, -0.25) is 4.79 Å². The molecule has 0 aliphatic heterocycles. The molecular weight excluding hydrogens is 238 g/mol. The van der Waals surface area contributed by atoms with Crippen LogP contribution in [0.2, 0.25) is 0 Å². The van der Waals surface area contributed by atoms with Crippen LogP contribution in [0.15, 0.2) is 6.07 Å². The van der Waals surface area contributed by atoms with Gasteiger partial charge in [-0.15, -0.1) is 11.3 Å². The Morgan fingerprint density at radius 1 is 1.71 bits per heavy atom. The number of fused-ring (bicyclic) bond motifs is 1. The molecule has 1 heterocycles. The predicted octanol–water partition coefficient (Wildman–Crippen LogP) is 2.12. The van der Waals surface area contributed by atoms with Gasteiger partial charge in [0.15, 0.2) is 0 Å². The molecule has 1 aliphatic carbocycles. The Kier molecular flexibility index (Phi) is 3.81. The van der Waals surface area contributed by atoms with Crippen molar-refractivity contribution in [3.05, 3.63) is 21.4 Å².